The van der Waals surface area contributed by atoms with Crippen LogP contribution in [-0.4, -0.2) is 23.0 Å². The number of nitrogens with zero attached hydrogens (tertiary/aromatic N) is 2. The molecule has 1 amide bonds. The number of pyridine rings is 2. The van der Waals surface area contributed by atoms with Crippen LogP contribution in [0.4, 0.5) is 10.2 Å². The van der Waals surface area contributed by atoms with Crippen molar-refractivity contribution in [3.05, 3.63) is 52.1 Å². The topological polar surface area (TPSA) is 64.1 Å². The summed E-state index contributed by atoms with van der Waals surface area (Å²) in [6.07, 6.45) is 1.23. The number of carbonyl (C=O) groups excluding carboxylic acids is 1. The highest BCUT2D eigenvalue weighted by Crippen LogP contribution is 2.18. The molecule has 0 saturated carbocycles. The second kappa shape index (κ2) is 6.53. The van der Waals surface area contributed by atoms with Gasteiger partial charge < -0.3 is 10.1 Å². The molecule has 0 fully saturated rings. The van der Waals surface area contributed by atoms with Crippen LogP contribution >= 0.6 is 15.9 Å². The number of hydrogen-bond donors (Lipinski definition) is 1. The number of rotatable bonds is 4. The monoisotopic (exact) mass is 339 g/mol. The first-order chi connectivity index (χ1) is 9.60. The smallest absolute Gasteiger partial charge is 0.275 e. The zero-order chi connectivity index (χ0) is 14.5. The Morgan fingerprint density at radius 1 is 1.45 bits per heavy atom. The van der Waals surface area contributed by atoms with Crippen molar-refractivity contribution in [3.8, 4) is 0 Å². The molecule has 0 bridgehead atoms. The molecule has 0 spiro atoms. The van der Waals surface area contributed by atoms with Crippen LogP contribution in [0.15, 0.2) is 35.1 Å². The fraction of sp³-hybridized carbons (Fsp3) is 0.154. The summed E-state index contributed by atoms with van der Waals surface area (Å²) in [4.78, 5) is 20.0. The summed E-state index contributed by atoms with van der Waals surface area (Å²) < 4.78 is 18.7. The summed E-state index contributed by atoms with van der Waals surface area (Å²) in [6, 6.07) is 5.74. The number of ether oxygens (including phenoxy) is 1. The number of methoxy groups -OCH3 is 1. The van der Waals surface area contributed by atoms with Crippen LogP contribution in [0.1, 0.15) is 16.1 Å². The van der Waals surface area contributed by atoms with Gasteiger partial charge in [0.05, 0.1) is 6.61 Å². The van der Waals surface area contributed by atoms with Gasteiger partial charge in [0, 0.05) is 24.9 Å². The predicted molar refractivity (Wildman–Crippen MR) is 74.8 cm³/mol. The van der Waals surface area contributed by atoms with E-state index in [1.54, 1.807) is 19.2 Å². The van der Waals surface area contributed by atoms with Crippen molar-refractivity contribution in [2.45, 2.75) is 6.61 Å². The van der Waals surface area contributed by atoms with Crippen LogP contribution < -0.4 is 5.32 Å². The quantitative estimate of drug-likeness (QED) is 0.870. The molecule has 2 rings (SSSR count). The molecule has 0 unspecified atom stereocenters. The van der Waals surface area contributed by atoms with E-state index in [-0.39, 0.29) is 5.69 Å². The van der Waals surface area contributed by atoms with Crippen molar-refractivity contribution >= 4 is 27.7 Å². The van der Waals surface area contributed by atoms with Gasteiger partial charge in [0.2, 0.25) is 0 Å². The van der Waals surface area contributed by atoms with Gasteiger partial charge in [-0.25, -0.2) is 9.37 Å². The van der Waals surface area contributed by atoms with E-state index in [1.165, 1.54) is 12.3 Å². The van der Waals surface area contributed by atoms with E-state index in [0.717, 1.165) is 6.07 Å². The summed E-state index contributed by atoms with van der Waals surface area (Å²) in [7, 11) is 1.54. The van der Waals surface area contributed by atoms with Gasteiger partial charge in [-0.15, -0.1) is 0 Å². The molecule has 0 aliphatic rings. The molecule has 0 aliphatic heterocycles. The fourth-order valence-corrected chi connectivity index (χ4v) is 1.85. The largest absolute Gasteiger partial charge is 0.380 e. The van der Waals surface area contributed by atoms with E-state index in [4.69, 9.17) is 4.74 Å². The zero-order valence-electron chi connectivity index (χ0n) is 10.6. The summed E-state index contributed by atoms with van der Waals surface area (Å²) in [6.45, 7) is 0.298. The molecule has 5 nitrogen and oxygen atoms in total. The molecular formula is C13H11BrFN3O2. The van der Waals surface area contributed by atoms with Crippen molar-refractivity contribution in [3.63, 3.8) is 0 Å². The lowest BCUT2D eigenvalue weighted by Crippen LogP contribution is -2.16. The normalized spacial score (nSPS) is 10.3. The Morgan fingerprint density at radius 3 is 2.95 bits per heavy atom. The van der Waals surface area contributed by atoms with Gasteiger partial charge in [0.25, 0.3) is 5.91 Å². The van der Waals surface area contributed by atoms with Gasteiger partial charge in [-0.2, -0.15) is 0 Å². The first kappa shape index (κ1) is 14.5. The molecule has 0 aromatic carbocycles. The number of carbonyl (C=O) groups is 1. The van der Waals surface area contributed by atoms with E-state index in [1.807, 2.05) is 0 Å². The molecule has 2 aromatic heterocycles. The van der Waals surface area contributed by atoms with E-state index >= 15 is 0 Å². The number of aromatic nitrogens is 2. The Bertz CT molecular complexity index is 637. The minimum absolute atomic E-state index is 0.0184. The molecule has 0 radical (unpaired) electrons. The Hall–Kier alpha value is -1.86. The van der Waals surface area contributed by atoms with Gasteiger partial charge >= 0.3 is 0 Å². The Balaban J connectivity index is 2.25. The van der Waals surface area contributed by atoms with E-state index < -0.39 is 11.7 Å². The maximum atomic E-state index is 13.1. The number of amides is 1. The molecule has 0 saturated heterocycles. The number of halogens is 2. The average molecular weight is 340 g/mol. The molecule has 0 aliphatic carbocycles. The summed E-state index contributed by atoms with van der Waals surface area (Å²) in [5.41, 5.74) is 0.690. The standard InChI is InChI=1S/C13H11BrFN3O2/c1-20-7-8-2-3-11(14)17-12(8)18-13(19)10-6-9(15)4-5-16-10/h2-6H,7H2,1H3,(H,17,18,19). The lowest BCUT2D eigenvalue weighted by atomic mass is 10.2. The third-order valence-corrected chi connectivity index (χ3v) is 2.87. The first-order valence-electron chi connectivity index (χ1n) is 5.67. The molecule has 0 atom stereocenters. The van der Waals surface area contributed by atoms with Crippen molar-refractivity contribution in [1.29, 1.82) is 0 Å². The van der Waals surface area contributed by atoms with Gasteiger partial charge in [0.15, 0.2) is 0 Å². The zero-order valence-corrected chi connectivity index (χ0v) is 12.1. The third kappa shape index (κ3) is 3.58. The minimum Gasteiger partial charge on any atom is -0.380 e. The number of hydrogen-bond acceptors (Lipinski definition) is 4. The van der Waals surface area contributed by atoms with E-state index in [0.29, 0.717) is 22.6 Å². The third-order valence-electron chi connectivity index (χ3n) is 2.43. The van der Waals surface area contributed by atoms with E-state index in [9.17, 15) is 9.18 Å². The van der Waals surface area contributed by atoms with Gasteiger partial charge in [-0.3, -0.25) is 9.78 Å². The maximum Gasteiger partial charge on any atom is 0.275 e. The SMILES string of the molecule is COCc1ccc(Br)nc1NC(=O)c1cc(F)ccn1. The van der Waals surface area contributed by atoms with E-state index in [2.05, 4.69) is 31.2 Å². The molecule has 1 N–H and O–H groups in total. The lowest BCUT2D eigenvalue weighted by Gasteiger charge is -2.09. The van der Waals surface area contributed by atoms with Gasteiger partial charge in [-0.05, 0) is 28.1 Å². The second-order valence-electron chi connectivity index (χ2n) is 3.89. The Kier molecular flexibility index (Phi) is 4.75. The Morgan fingerprint density at radius 2 is 2.25 bits per heavy atom. The second-order valence-corrected chi connectivity index (χ2v) is 4.70. The molecular weight excluding hydrogens is 329 g/mol. The summed E-state index contributed by atoms with van der Waals surface area (Å²) in [5.74, 6) is -0.714. The van der Waals surface area contributed by atoms with Gasteiger partial charge in [0.1, 0.15) is 21.9 Å². The highest BCUT2D eigenvalue weighted by Gasteiger charge is 2.12. The molecule has 7 heteroatoms. The summed E-state index contributed by atoms with van der Waals surface area (Å²) >= 11 is 3.23. The van der Waals surface area contributed by atoms with Gasteiger partial charge in [-0.1, -0.05) is 6.07 Å². The Labute approximate surface area is 123 Å². The number of nitrogens with one attached hydrogen (secondary N) is 1. The molecule has 104 valence electrons. The molecule has 20 heavy (non-hydrogen) atoms. The van der Waals surface area contributed by atoms with Crippen LogP contribution in [0.25, 0.3) is 0 Å². The van der Waals surface area contributed by atoms with Crippen molar-refractivity contribution in [2.24, 2.45) is 0 Å². The van der Waals surface area contributed by atoms with Crippen LogP contribution in [0, 0.1) is 5.82 Å². The maximum absolute atomic E-state index is 13.1. The van der Waals surface area contributed by atoms with Crippen molar-refractivity contribution in [1.82, 2.24) is 9.97 Å². The number of anilines is 1. The van der Waals surface area contributed by atoms with Crippen molar-refractivity contribution < 1.29 is 13.9 Å². The lowest BCUT2D eigenvalue weighted by molar-refractivity contribution is 0.102. The molecule has 2 aromatic rings. The predicted octanol–water partition coefficient (Wildman–Crippen LogP) is 2.78. The molecule has 2 heterocycles. The summed E-state index contributed by atoms with van der Waals surface area (Å²) in [5, 5.41) is 2.59. The van der Waals surface area contributed by atoms with Crippen LogP contribution in [0.3, 0.4) is 0 Å². The van der Waals surface area contributed by atoms with Crippen LogP contribution in [0.5, 0.6) is 0 Å². The minimum atomic E-state index is -0.535. The highest BCUT2D eigenvalue weighted by molar-refractivity contribution is 9.10. The van der Waals surface area contributed by atoms with Crippen LogP contribution in [-0.2, 0) is 11.3 Å². The fourth-order valence-electron chi connectivity index (χ4n) is 1.54. The van der Waals surface area contributed by atoms with Crippen LogP contribution in [0.2, 0.25) is 0 Å². The first-order valence-corrected chi connectivity index (χ1v) is 6.46. The average Bonchev–Trinajstić information content (AvgIpc) is 2.42. The highest BCUT2D eigenvalue weighted by atomic mass is 79.9. The van der Waals surface area contributed by atoms with Crippen molar-refractivity contribution in [2.75, 3.05) is 12.4 Å².